The SMILES string of the molecule is COc1cc(-c2cc(NC(C)c3cccc(-c4cccc(C(F)(F)F)c4)c3)nc(C#N)n2)ccc1C. The molecule has 0 spiro atoms. The maximum Gasteiger partial charge on any atom is 0.416 e. The molecule has 0 fully saturated rings. The third-order valence-corrected chi connectivity index (χ3v) is 5.80. The van der Waals surface area contributed by atoms with E-state index in [0.717, 1.165) is 28.8 Å². The third-order valence-electron chi connectivity index (χ3n) is 5.80. The average Bonchev–Trinajstić information content (AvgIpc) is 2.88. The van der Waals surface area contributed by atoms with Crippen LogP contribution in [0.3, 0.4) is 0 Å². The van der Waals surface area contributed by atoms with Gasteiger partial charge in [0.05, 0.1) is 18.4 Å². The first-order valence-electron chi connectivity index (χ1n) is 11.2. The molecule has 4 rings (SSSR count). The van der Waals surface area contributed by atoms with Crippen molar-refractivity contribution in [2.24, 2.45) is 0 Å². The summed E-state index contributed by atoms with van der Waals surface area (Å²) in [6.45, 7) is 3.85. The predicted molar refractivity (Wildman–Crippen MR) is 132 cm³/mol. The van der Waals surface area contributed by atoms with Gasteiger partial charge in [0.25, 0.3) is 0 Å². The Labute approximate surface area is 207 Å². The number of hydrogen-bond donors (Lipinski definition) is 1. The van der Waals surface area contributed by atoms with Crippen molar-refractivity contribution in [2.75, 3.05) is 12.4 Å². The fourth-order valence-corrected chi connectivity index (χ4v) is 3.87. The Hall–Kier alpha value is -4.38. The minimum atomic E-state index is -4.41. The quantitative estimate of drug-likeness (QED) is 0.311. The van der Waals surface area contributed by atoms with Crippen molar-refractivity contribution in [3.8, 4) is 34.2 Å². The van der Waals surface area contributed by atoms with Crippen molar-refractivity contribution < 1.29 is 17.9 Å². The van der Waals surface area contributed by atoms with E-state index < -0.39 is 11.7 Å². The van der Waals surface area contributed by atoms with Crippen molar-refractivity contribution >= 4 is 5.82 Å². The first-order chi connectivity index (χ1) is 17.2. The topological polar surface area (TPSA) is 70.8 Å². The van der Waals surface area contributed by atoms with E-state index in [-0.39, 0.29) is 11.9 Å². The molecule has 1 atom stereocenters. The monoisotopic (exact) mass is 488 g/mol. The van der Waals surface area contributed by atoms with Gasteiger partial charge in [-0.1, -0.05) is 42.5 Å². The van der Waals surface area contributed by atoms with Crippen LogP contribution >= 0.6 is 0 Å². The summed E-state index contributed by atoms with van der Waals surface area (Å²) < 4.78 is 44.9. The zero-order valence-electron chi connectivity index (χ0n) is 19.9. The van der Waals surface area contributed by atoms with Crippen LogP contribution in [0.2, 0.25) is 0 Å². The van der Waals surface area contributed by atoms with Crippen molar-refractivity contribution in [3.63, 3.8) is 0 Å². The number of methoxy groups -OCH3 is 1. The van der Waals surface area contributed by atoms with E-state index in [2.05, 4.69) is 15.3 Å². The number of rotatable bonds is 6. The predicted octanol–water partition coefficient (Wildman–Crippen LogP) is 7.19. The molecule has 3 aromatic carbocycles. The van der Waals surface area contributed by atoms with Crippen LogP contribution in [-0.4, -0.2) is 17.1 Å². The Morgan fingerprint density at radius 1 is 0.917 bits per heavy atom. The van der Waals surface area contributed by atoms with Gasteiger partial charge in [-0.2, -0.15) is 18.4 Å². The highest BCUT2D eigenvalue weighted by molar-refractivity contribution is 5.67. The van der Waals surface area contributed by atoms with E-state index >= 15 is 0 Å². The van der Waals surface area contributed by atoms with Gasteiger partial charge in [0, 0.05) is 17.7 Å². The van der Waals surface area contributed by atoms with Gasteiger partial charge in [-0.05, 0) is 60.4 Å². The van der Waals surface area contributed by atoms with Gasteiger partial charge in [-0.15, -0.1) is 0 Å². The number of aryl methyl sites for hydroxylation is 1. The highest BCUT2D eigenvalue weighted by Gasteiger charge is 2.30. The molecule has 4 aromatic rings. The number of ether oxygens (including phenoxy) is 1. The molecule has 1 heterocycles. The number of alkyl halides is 3. The molecule has 0 radical (unpaired) electrons. The summed E-state index contributed by atoms with van der Waals surface area (Å²) >= 11 is 0. The van der Waals surface area contributed by atoms with Gasteiger partial charge >= 0.3 is 6.18 Å². The number of aromatic nitrogens is 2. The second-order valence-electron chi connectivity index (χ2n) is 8.33. The van der Waals surface area contributed by atoms with Crippen LogP contribution in [0, 0.1) is 18.3 Å². The van der Waals surface area contributed by atoms with Gasteiger partial charge in [-0.25, -0.2) is 9.97 Å². The van der Waals surface area contributed by atoms with Gasteiger partial charge in [-0.3, -0.25) is 0 Å². The lowest BCUT2D eigenvalue weighted by Gasteiger charge is -2.17. The average molecular weight is 489 g/mol. The number of anilines is 1. The highest BCUT2D eigenvalue weighted by atomic mass is 19.4. The molecule has 36 heavy (non-hydrogen) atoms. The minimum absolute atomic E-state index is 0.0134. The molecule has 8 heteroatoms. The normalized spacial score (nSPS) is 12.0. The second kappa shape index (κ2) is 10.1. The van der Waals surface area contributed by atoms with Crippen LogP contribution < -0.4 is 10.1 Å². The van der Waals surface area contributed by atoms with Gasteiger partial charge in [0.15, 0.2) is 0 Å². The molecule has 1 unspecified atom stereocenters. The van der Waals surface area contributed by atoms with Crippen LogP contribution in [0.1, 0.15) is 35.5 Å². The smallest absolute Gasteiger partial charge is 0.416 e. The first kappa shape index (κ1) is 24.7. The lowest BCUT2D eigenvalue weighted by molar-refractivity contribution is -0.137. The third kappa shape index (κ3) is 5.47. The van der Waals surface area contributed by atoms with E-state index in [4.69, 9.17) is 4.74 Å². The molecular weight excluding hydrogens is 465 g/mol. The van der Waals surface area contributed by atoms with E-state index in [9.17, 15) is 18.4 Å². The number of benzene rings is 3. The van der Waals surface area contributed by atoms with Crippen LogP contribution in [-0.2, 0) is 6.18 Å². The lowest BCUT2D eigenvalue weighted by atomic mass is 9.98. The molecule has 1 aromatic heterocycles. The molecule has 5 nitrogen and oxygen atoms in total. The summed E-state index contributed by atoms with van der Waals surface area (Å²) in [4.78, 5) is 8.61. The van der Waals surface area contributed by atoms with Crippen molar-refractivity contribution in [2.45, 2.75) is 26.1 Å². The number of halogens is 3. The molecular formula is C28H23F3N4O. The van der Waals surface area contributed by atoms with Gasteiger partial charge in [0.2, 0.25) is 5.82 Å². The fraction of sp³-hybridized carbons (Fsp3) is 0.179. The molecule has 0 saturated heterocycles. The molecule has 0 amide bonds. The Morgan fingerprint density at radius 2 is 1.64 bits per heavy atom. The largest absolute Gasteiger partial charge is 0.496 e. The maximum atomic E-state index is 13.2. The van der Waals surface area contributed by atoms with Crippen LogP contribution in [0.15, 0.2) is 72.8 Å². The Balaban J connectivity index is 1.63. The Kier molecular flexibility index (Phi) is 6.93. The number of nitrogens with zero attached hydrogens (tertiary/aromatic N) is 3. The lowest BCUT2D eigenvalue weighted by Crippen LogP contribution is -2.09. The molecule has 0 bridgehead atoms. The van der Waals surface area contributed by atoms with Gasteiger partial charge in [0.1, 0.15) is 17.6 Å². The zero-order valence-corrected chi connectivity index (χ0v) is 19.9. The molecule has 0 aliphatic heterocycles. The molecule has 1 N–H and O–H groups in total. The molecule has 0 saturated carbocycles. The second-order valence-corrected chi connectivity index (χ2v) is 8.33. The van der Waals surface area contributed by atoms with Crippen LogP contribution in [0.5, 0.6) is 5.75 Å². The maximum absolute atomic E-state index is 13.2. The number of nitriles is 1. The van der Waals surface area contributed by atoms with Crippen molar-refractivity contribution in [1.82, 2.24) is 9.97 Å². The number of hydrogen-bond acceptors (Lipinski definition) is 5. The standard InChI is InChI=1S/C28H23F3N4O/c1-17-10-11-22(14-25(17)36-3)24-15-26(35-27(16-32)34-24)33-18(2)19-6-4-7-20(12-19)21-8-5-9-23(13-21)28(29,30)31/h4-15,18H,1-3H3,(H,33,34,35). The van der Waals surface area contributed by atoms with E-state index in [1.165, 1.54) is 6.07 Å². The summed E-state index contributed by atoms with van der Waals surface area (Å²) in [5, 5.41) is 12.7. The molecule has 182 valence electrons. The van der Waals surface area contributed by atoms with E-state index in [1.54, 1.807) is 31.4 Å². The molecule has 0 aliphatic rings. The minimum Gasteiger partial charge on any atom is -0.496 e. The summed E-state index contributed by atoms with van der Waals surface area (Å²) in [6, 6.07) is 21.7. The summed E-state index contributed by atoms with van der Waals surface area (Å²) in [5.41, 5.74) is 3.61. The summed E-state index contributed by atoms with van der Waals surface area (Å²) in [7, 11) is 1.59. The van der Waals surface area contributed by atoms with Crippen LogP contribution in [0.4, 0.5) is 19.0 Å². The molecule has 0 aliphatic carbocycles. The highest BCUT2D eigenvalue weighted by Crippen LogP contribution is 2.33. The fourth-order valence-electron chi connectivity index (χ4n) is 3.87. The van der Waals surface area contributed by atoms with Crippen molar-refractivity contribution in [1.29, 1.82) is 5.26 Å². The van der Waals surface area contributed by atoms with Crippen molar-refractivity contribution in [3.05, 3.63) is 95.3 Å². The Bertz CT molecular complexity index is 1440. The van der Waals surface area contributed by atoms with E-state index in [0.29, 0.717) is 28.4 Å². The Morgan fingerprint density at radius 3 is 2.33 bits per heavy atom. The first-order valence-corrected chi connectivity index (χ1v) is 11.2. The zero-order chi connectivity index (χ0) is 25.9. The number of nitrogens with one attached hydrogen (secondary N) is 1. The summed E-state index contributed by atoms with van der Waals surface area (Å²) in [6.07, 6.45) is -4.41. The van der Waals surface area contributed by atoms with Gasteiger partial charge < -0.3 is 10.1 Å². The van der Waals surface area contributed by atoms with Crippen LogP contribution in [0.25, 0.3) is 22.4 Å². The van der Waals surface area contributed by atoms with E-state index in [1.807, 2.05) is 50.2 Å². The summed E-state index contributed by atoms with van der Waals surface area (Å²) in [5.74, 6) is 1.17.